The Morgan fingerprint density at radius 1 is 0.536 bits per heavy atom. The van der Waals surface area contributed by atoms with Gasteiger partial charge in [0, 0.05) is 0 Å². The van der Waals surface area contributed by atoms with Crippen LogP contribution in [-0.2, 0) is 0 Å². The van der Waals surface area contributed by atoms with Gasteiger partial charge in [0.15, 0.2) is 0 Å². The van der Waals surface area contributed by atoms with Crippen LogP contribution in [0.4, 0.5) is 0 Å². The zero-order chi connectivity index (χ0) is 19.7. The Morgan fingerprint density at radius 2 is 1.04 bits per heavy atom. The fraction of sp³-hybridized carbons (Fsp3) is 0.630. The van der Waals surface area contributed by atoms with E-state index < -0.39 is 0 Å². The molecule has 2 aromatic rings. The molecule has 1 heteroatoms. The molecule has 0 aliphatic carbocycles. The SMILES string of the molecule is CCCCCCCCCCCCCCCCCOc1ccc2ccccc2c1. The van der Waals surface area contributed by atoms with Gasteiger partial charge in [-0.15, -0.1) is 0 Å². The molecule has 2 aromatic carbocycles. The highest BCUT2D eigenvalue weighted by molar-refractivity contribution is 5.83. The first-order valence-electron chi connectivity index (χ1n) is 12.0. The first-order chi connectivity index (χ1) is 13.9. The summed E-state index contributed by atoms with van der Waals surface area (Å²) in [6.07, 6.45) is 21.0. The van der Waals surface area contributed by atoms with Crippen LogP contribution in [0.2, 0.25) is 0 Å². The Morgan fingerprint density at radius 3 is 1.61 bits per heavy atom. The van der Waals surface area contributed by atoms with Gasteiger partial charge in [0.05, 0.1) is 6.61 Å². The number of benzene rings is 2. The Kier molecular flexibility index (Phi) is 12.6. The van der Waals surface area contributed by atoms with E-state index in [0.717, 1.165) is 12.4 Å². The summed E-state index contributed by atoms with van der Waals surface area (Å²) in [6, 6.07) is 14.9. The van der Waals surface area contributed by atoms with Crippen LogP contribution in [0.15, 0.2) is 42.5 Å². The summed E-state index contributed by atoms with van der Waals surface area (Å²) >= 11 is 0. The van der Waals surface area contributed by atoms with Crippen molar-refractivity contribution in [3.8, 4) is 5.75 Å². The lowest BCUT2D eigenvalue weighted by atomic mass is 10.0. The van der Waals surface area contributed by atoms with E-state index in [4.69, 9.17) is 4.74 Å². The molecule has 2 rings (SSSR count). The van der Waals surface area contributed by atoms with Crippen molar-refractivity contribution >= 4 is 10.8 Å². The van der Waals surface area contributed by atoms with Crippen LogP contribution in [0.1, 0.15) is 103 Å². The van der Waals surface area contributed by atoms with Crippen molar-refractivity contribution in [3.63, 3.8) is 0 Å². The average Bonchev–Trinajstić information content (AvgIpc) is 2.73. The third-order valence-electron chi connectivity index (χ3n) is 5.74. The molecule has 0 N–H and O–H groups in total. The molecule has 1 nitrogen and oxygen atoms in total. The lowest BCUT2D eigenvalue weighted by molar-refractivity contribution is 0.304. The predicted molar refractivity (Wildman–Crippen MR) is 124 cm³/mol. The Balaban J connectivity index is 1.35. The topological polar surface area (TPSA) is 9.23 Å². The van der Waals surface area contributed by atoms with Crippen LogP contribution in [0.3, 0.4) is 0 Å². The molecule has 0 fully saturated rings. The zero-order valence-electron chi connectivity index (χ0n) is 18.3. The molecule has 0 aromatic heterocycles. The molecule has 0 bridgehead atoms. The van der Waals surface area contributed by atoms with Crippen LogP contribution in [0.5, 0.6) is 5.75 Å². The summed E-state index contributed by atoms with van der Waals surface area (Å²) in [5.41, 5.74) is 0. The molecule has 0 atom stereocenters. The Hall–Kier alpha value is -1.50. The molecule has 156 valence electrons. The number of hydrogen-bond acceptors (Lipinski definition) is 1. The zero-order valence-corrected chi connectivity index (χ0v) is 18.3. The van der Waals surface area contributed by atoms with Gasteiger partial charge in [-0.25, -0.2) is 0 Å². The van der Waals surface area contributed by atoms with Crippen molar-refractivity contribution in [2.75, 3.05) is 6.61 Å². The van der Waals surface area contributed by atoms with E-state index in [-0.39, 0.29) is 0 Å². The minimum Gasteiger partial charge on any atom is -0.494 e. The second-order valence-electron chi connectivity index (χ2n) is 8.31. The summed E-state index contributed by atoms with van der Waals surface area (Å²) < 4.78 is 5.93. The number of hydrogen-bond donors (Lipinski definition) is 0. The van der Waals surface area contributed by atoms with Crippen molar-refractivity contribution < 1.29 is 4.74 Å². The third kappa shape index (κ3) is 10.2. The molecule has 0 unspecified atom stereocenters. The molecule has 28 heavy (non-hydrogen) atoms. The number of unbranched alkanes of at least 4 members (excludes halogenated alkanes) is 14. The van der Waals surface area contributed by atoms with Crippen molar-refractivity contribution in [1.82, 2.24) is 0 Å². The van der Waals surface area contributed by atoms with Crippen LogP contribution in [0, 0.1) is 0 Å². The molecule has 0 aliphatic heterocycles. The molecule has 0 saturated heterocycles. The first kappa shape index (κ1) is 22.8. The molecule has 0 radical (unpaired) electrons. The maximum atomic E-state index is 5.93. The van der Waals surface area contributed by atoms with Crippen LogP contribution in [0.25, 0.3) is 10.8 Å². The fourth-order valence-electron chi connectivity index (χ4n) is 3.92. The molecule has 0 heterocycles. The van der Waals surface area contributed by atoms with E-state index in [1.165, 1.54) is 107 Å². The van der Waals surface area contributed by atoms with E-state index >= 15 is 0 Å². The van der Waals surface area contributed by atoms with E-state index in [1.807, 2.05) is 0 Å². The van der Waals surface area contributed by atoms with Crippen LogP contribution < -0.4 is 4.74 Å². The maximum Gasteiger partial charge on any atom is 0.119 e. The van der Waals surface area contributed by atoms with Gasteiger partial charge in [-0.2, -0.15) is 0 Å². The highest BCUT2D eigenvalue weighted by Gasteiger charge is 1.98. The van der Waals surface area contributed by atoms with Gasteiger partial charge in [0.25, 0.3) is 0 Å². The van der Waals surface area contributed by atoms with Crippen molar-refractivity contribution in [3.05, 3.63) is 42.5 Å². The number of fused-ring (bicyclic) bond motifs is 1. The predicted octanol–water partition coefficient (Wildman–Crippen LogP) is 9.09. The van der Waals surface area contributed by atoms with Gasteiger partial charge in [-0.1, -0.05) is 127 Å². The van der Waals surface area contributed by atoms with Gasteiger partial charge in [0.2, 0.25) is 0 Å². The number of ether oxygens (including phenoxy) is 1. The van der Waals surface area contributed by atoms with E-state index in [9.17, 15) is 0 Å². The summed E-state index contributed by atoms with van der Waals surface area (Å²) in [6.45, 7) is 3.14. The van der Waals surface area contributed by atoms with Gasteiger partial charge in [0.1, 0.15) is 5.75 Å². The highest BCUT2D eigenvalue weighted by Crippen LogP contribution is 2.21. The normalized spacial score (nSPS) is 11.2. The van der Waals surface area contributed by atoms with Gasteiger partial charge in [-0.05, 0) is 29.3 Å². The van der Waals surface area contributed by atoms with E-state index in [2.05, 4.69) is 49.4 Å². The van der Waals surface area contributed by atoms with Crippen molar-refractivity contribution in [2.24, 2.45) is 0 Å². The smallest absolute Gasteiger partial charge is 0.119 e. The Labute approximate surface area is 173 Å². The molecule has 0 spiro atoms. The molecular formula is C27H42O. The first-order valence-corrected chi connectivity index (χ1v) is 12.0. The second kappa shape index (κ2) is 15.4. The largest absolute Gasteiger partial charge is 0.494 e. The third-order valence-corrected chi connectivity index (χ3v) is 5.74. The maximum absolute atomic E-state index is 5.93. The van der Waals surface area contributed by atoms with Gasteiger partial charge in [-0.3, -0.25) is 0 Å². The summed E-state index contributed by atoms with van der Waals surface area (Å²) in [5.74, 6) is 1.00. The molecule has 0 aliphatic rings. The molecular weight excluding hydrogens is 340 g/mol. The van der Waals surface area contributed by atoms with E-state index in [0.29, 0.717) is 0 Å². The number of rotatable bonds is 17. The summed E-state index contributed by atoms with van der Waals surface area (Å²) in [7, 11) is 0. The van der Waals surface area contributed by atoms with Gasteiger partial charge < -0.3 is 4.74 Å². The van der Waals surface area contributed by atoms with Crippen molar-refractivity contribution in [2.45, 2.75) is 103 Å². The van der Waals surface area contributed by atoms with Gasteiger partial charge >= 0.3 is 0 Å². The lowest BCUT2D eigenvalue weighted by Gasteiger charge is -2.07. The van der Waals surface area contributed by atoms with Crippen molar-refractivity contribution in [1.29, 1.82) is 0 Å². The minimum atomic E-state index is 0.844. The molecule has 0 saturated carbocycles. The highest BCUT2D eigenvalue weighted by atomic mass is 16.5. The minimum absolute atomic E-state index is 0.844. The average molecular weight is 383 g/mol. The standard InChI is InChI=1S/C27H42O/c1-2-3-4-5-6-7-8-9-10-11-12-13-14-15-18-23-28-27-22-21-25-19-16-17-20-26(25)24-27/h16-17,19-22,24H,2-15,18,23H2,1H3. The summed E-state index contributed by atoms with van der Waals surface area (Å²) in [4.78, 5) is 0. The lowest BCUT2D eigenvalue weighted by Crippen LogP contribution is -1.97. The van der Waals surface area contributed by atoms with Crippen LogP contribution >= 0.6 is 0 Å². The molecule has 0 amide bonds. The monoisotopic (exact) mass is 382 g/mol. The quantitative estimate of drug-likeness (QED) is 0.248. The van der Waals surface area contributed by atoms with Crippen LogP contribution in [-0.4, -0.2) is 6.61 Å². The Bertz CT molecular complexity index is 618. The van der Waals surface area contributed by atoms with E-state index in [1.54, 1.807) is 0 Å². The second-order valence-corrected chi connectivity index (χ2v) is 8.31. The fourth-order valence-corrected chi connectivity index (χ4v) is 3.92. The summed E-state index contributed by atoms with van der Waals surface area (Å²) in [5, 5.41) is 2.54.